The first kappa shape index (κ1) is 18.1. The second-order valence-corrected chi connectivity index (χ2v) is 7.58. The van der Waals surface area contributed by atoms with Crippen LogP contribution in [-0.2, 0) is 5.75 Å². The number of hydrogen-bond acceptors (Lipinski definition) is 2. The second kappa shape index (κ2) is 8.09. The molecule has 0 unspecified atom stereocenters. The molecule has 0 aliphatic carbocycles. The molecule has 0 radical (unpaired) electrons. The van der Waals surface area contributed by atoms with E-state index in [4.69, 9.17) is 23.2 Å². The molecule has 0 aliphatic rings. The van der Waals surface area contributed by atoms with Crippen LogP contribution in [0.15, 0.2) is 71.6 Å². The standard InChI is InChI=1S/C21H16Cl2OS/c1-14-7-9-17(10-8-14)25-13-16-11-19(22)20(23)12-18(16)21(24)15-5-3-2-4-6-15/h2-12H,13H2,1H3. The maximum atomic E-state index is 12.9. The van der Waals surface area contributed by atoms with E-state index >= 15 is 0 Å². The lowest BCUT2D eigenvalue weighted by atomic mass is 9.99. The molecule has 126 valence electrons. The first-order chi connectivity index (χ1) is 12.0. The molecule has 0 spiro atoms. The number of benzene rings is 3. The van der Waals surface area contributed by atoms with Crippen LogP contribution in [0.5, 0.6) is 0 Å². The van der Waals surface area contributed by atoms with Crippen LogP contribution >= 0.6 is 35.0 Å². The van der Waals surface area contributed by atoms with Crippen molar-refractivity contribution in [2.75, 3.05) is 0 Å². The molecule has 0 aromatic heterocycles. The van der Waals surface area contributed by atoms with Crippen molar-refractivity contribution in [2.45, 2.75) is 17.6 Å². The van der Waals surface area contributed by atoms with Crippen LogP contribution in [0.4, 0.5) is 0 Å². The van der Waals surface area contributed by atoms with E-state index < -0.39 is 0 Å². The Hall–Kier alpha value is -1.74. The smallest absolute Gasteiger partial charge is 0.193 e. The monoisotopic (exact) mass is 386 g/mol. The van der Waals surface area contributed by atoms with Crippen molar-refractivity contribution in [3.8, 4) is 0 Å². The Labute approximate surface area is 162 Å². The van der Waals surface area contributed by atoms with Gasteiger partial charge in [-0.1, -0.05) is 71.2 Å². The fourth-order valence-corrected chi connectivity index (χ4v) is 3.70. The third-order valence-corrected chi connectivity index (χ3v) is 5.63. The van der Waals surface area contributed by atoms with Gasteiger partial charge in [-0.3, -0.25) is 4.79 Å². The van der Waals surface area contributed by atoms with Gasteiger partial charge in [0.05, 0.1) is 10.0 Å². The largest absolute Gasteiger partial charge is 0.289 e. The lowest BCUT2D eigenvalue weighted by molar-refractivity contribution is 0.103. The maximum Gasteiger partial charge on any atom is 0.193 e. The van der Waals surface area contributed by atoms with Crippen LogP contribution in [0.2, 0.25) is 10.0 Å². The van der Waals surface area contributed by atoms with Crippen molar-refractivity contribution < 1.29 is 4.79 Å². The maximum absolute atomic E-state index is 12.9. The molecule has 0 N–H and O–H groups in total. The molecule has 0 heterocycles. The fraction of sp³-hybridized carbons (Fsp3) is 0.0952. The average Bonchev–Trinajstić information content (AvgIpc) is 2.64. The van der Waals surface area contributed by atoms with Crippen LogP contribution in [0.3, 0.4) is 0 Å². The highest BCUT2D eigenvalue weighted by Gasteiger charge is 2.16. The summed E-state index contributed by atoms with van der Waals surface area (Å²) in [6.45, 7) is 2.06. The van der Waals surface area contributed by atoms with Gasteiger partial charge in [0.25, 0.3) is 0 Å². The Bertz CT molecular complexity index is 890. The van der Waals surface area contributed by atoms with E-state index in [1.54, 1.807) is 23.9 Å². The number of thioether (sulfide) groups is 1. The molecule has 25 heavy (non-hydrogen) atoms. The number of ketones is 1. The van der Waals surface area contributed by atoms with Crippen LogP contribution < -0.4 is 0 Å². The minimum absolute atomic E-state index is 0.0429. The summed E-state index contributed by atoms with van der Waals surface area (Å²) in [7, 11) is 0. The van der Waals surface area contributed by atoms with Crippen LogP contribution in [0.25, 0.3) is 0 Å². The zero-order chi connectivity index (χ0) is 17.8. The minimum atomic E-state index is -0.0429. The van der Waals surface area contributed by atoms with Crippen molar-refractivity contribution in [1.29, 1.82) is 0 Å². The fourth-order valence-electron chi connectivity index (χ4n) is 2.46. The molecule has 1 nitrogen and oxygen atoms in total. The highest BCUT2D eigenvalue weighted by atomic mass is 35.5. The normalized spacial score (nSPS) is 10.7. The zero-order valence-corrected chi connectivity index (χ0v) is 16.0. The van der Waals surface area contributed by atoms with E-state index in [1.807, 2.05) is 30.3 Å². The van der Waals surface area contributed by atoms with Gasteiger partial charge in [-0.15, -0.1) is 11.8 Å². The van der Waals surface area contributed by atoms with Gasteiger partial charge in [0.1, 0.15) is 0 Å². The molecule has 0 atom stereocenters. The van der Waals surface area contributed by atoms with Gasteiger partial charge in [-0.2, -0.15) is 0 Å². The van der Waals surface area contributed by atoms with E-state index in [1.165, 1.54) is 5.56 Å². The summed E-state index contributed by atoms with van der Waals surface area (Å²) in [4.78, 5) is 14.0. The Morgan fingerprint density at radius 3 is 2.24 bits per heavy atom. The molecule has 3 aromatic rings. The van der Waals surface area contributed by atoms with Crippen LogP contribution in [0, 0.1) is 6.92 Å². The molecular weight excluding hydrogens is 371 g/mol. The molecule has 3 aromatic carbocycles. The van der Waals surface area contributed by atoms with Crippen molar-refractivity contribution >= 4 is 40.7 Å². The van der Waals surface area contributed by atoms with E-state index in [9.17, 15) is 4.79 Å². The summed E-state index contributed by atoms with van der Waals surface area (Å²) in [5.74, 6) is 0.604. The van der Waals surface area contributed by atoms with Gasteiger partial charge in [-0.05, 0) is 36.8 Å². The second-order valence-electron chi connectivity index (χ2n) is 5.72. The lowest BCUT2D eigenvalue weighted by Gasteiger charge is -2.11. The number of carbonyl (C=O) groups excluding carboxylic acids is 1. The molecule has 3 rings (SSSR count). The van der Waals surface area contributed by atoms with Crippen LogP contribution in [0.1, 0.15) is 27.0 Å². The number of aryl methyl sites for hydroxylation is 1. The highest BCUT2D eigenvalue weighted by Crippen LogP contribution is 2.31. The first-order valence-corrected chi connectivity index (χ1v) is 9.56. The van der Waals surface area contributed by atoms with Gasteiger partial charge in [0.15, 0.2) is 5.78 Å². The summed E-state index contributed by atoms with van der Waals surface area (Å²) in [5.41, 5.74) is 3.34. The highest BCUT2D eigenvalue weighted by molar-refractivity contribution is 7.98. The van der Waals surface area contributed by atoms with Crippen LogP contribution in [-0.4, -0.2) is 5.78 Å². The molecule has 4 heteroatoms. The zero-order valence-electron chi connectivity index (χ0n) is 13.6. The predicted octanol–water partition coefficient (Wildman–Crippen LogP) is 6.83. The van der Waals surface area contributed by atoms with Gasteiger partial charge < -0.3 is 0 Å². The Morgan fingerprint density at radius 1 is 0.920 bits per heavy atom. The molecular formula is C21H16Cl2OS. The third kappa shape index (κ3) is 4.46. The summed E-state index contributed by atoms with van der Waals surface area (Å²) in [6, 6.07) is 21.0. The number of rotatable bonds is 5. The van der Waals surface area contributed by atoms with E-state index in [-0.39, 0.29) is 5.78 Å². The average molecular weight is 387 g/mol. The number of hydrogen-bond donors (Lipinski definition) is 0. The molecule has 0 amide bonds. The third-order valence-electron chi connectivity index (χ3n) is 3.84. The van der Waals surface area contributed by atoms with Gasteiger partial charge >= 0.3 is 0 Å². The summed E-state index contributed by atoms with van der Waals surface area (Å²) >= 11 is 14.0. The van der Waals surface area contributed by atoms with Crippen molar-refractivity contribution in [3.05, 3.63) is 99.0 Å². The minimum Gasteiger partial charge on any atom is -0.289 e. The quantitative estimate of drug-likeness (QED) is 0.353. The SMILES string of the molecule is Cc1ccc(SCc2cc(Cl)c(Cl)cc2C(=O)c2ccccc2)cc1. The van der Waals surface area contributed by atoms with Gasteiger partial charge in [-0.25, -0.2) is 0 Å². The lowest BCUT2D eigenvalue weighted by Crippen LogP contribution is -2.05. The number of halogens is 2. The number of carbonyl (C=O) groups is 1. The van der Waals surface area contributed by atoms with Crippen molar-refractivity contribution in [3.63, 3.8) is 0 Å². The van der Waals surface area contributed by atoms with E-state index in [2.05, 4.69) is 31.2 Å². The Morgan fingerprint density at radius 2 is 1.56 bits per heavy atom. The molecule has 0 bridgehead atoms. The Balaban J connectivity index is 1.91. The summed E-state index contributed by atoms with van der Waals surface area (Å²) in [5, 5.41) is 0.857. The van der Waals surface area contributed by atoms with Crippen molar-refractivity contribution in [2.24, 2.45) is 0 Å². The molecule has 0 aliphatic heterocycles. The summed E-state index contributed by atoms with van der Waals surface area (Å²) in [6.07, 6.45) is 0. The first-order valence-electron chi connectivity index (χ1n) is 7.82. The molecule has 0 saturated carbocycles. The van der Waals surface area contributed by atoms with E-state index in [0.29, 0.717) is 26.9 Å². The summed E-state index contributed by atoms with van der Waals surface area (Å²) < 4.78 is 0. The topological polar surface area (TPSA) is 17.1 Å². The van der Waals surface area contributed by atoms with Gasteiger partial charge in [0.2, 0.25) is 0 Å². The van der Waals surface area contributed by atoms with Crippen molar-refractivity contribution in [1.82, 2.24) is 0 Å². The predicted molar refractivity (Wildman–Crippen MR) is 107 cm³/mol. The van der Waals surface area contributed by atoms with E-state index in [0.717, 1.165) is 10.5 Å². The Kier molecular flexibility index (Phi) is 5.85. The molecule has 0 fully saturated rings. The molecule has 0 saturated heterocycles. The van der Waals surface area contributed by atoms with Gasteiger partial charge in [0, 0.05) is 21.8 Å².